The molecule has 1 aromatic rings. The van der Waals surface area contributed by atoms with Gasteiger partial charge in [0.25, 0.3) is 0 Å². The fraction of sp³-hybridized carbons (Fsp3) is 0.667. The lowest BCUT2D eigenvalue weighted by atomic mass is 9.78. The van der Waals surface area contributed by atoms with Crippen LogP contribution in [-0.4, -0.2) is 21.0 Å². The number of hydrogen-bond acceptors (Lipinski definition) is 5. The monoisotopic (exact) mass is 193 g/mol. The van der Waals surface area contributed by atoms with Crippen molar-refractivity contribution in [1.82, 2.24) is 15.0 Å². The molecular weight excluding hydrogens is 178 g/mol. The molecule has 4 N–H and O–H groups in total. The molecule has 1 heterocycles. The molecule has 1 saturated carbocycles. The smallest absolute Gasteiger partial charge is 0.153 e. The van der Waals surface area contributed by atoms with Gasteiger partial charge in [0.1, 0.15) is 12.7 Å². The minimum absolute atomic E-state index is 0.0429. The summed E-state index contributed by atoms with van der Waals surface area (Å²) in [5.74, 6) is 0.625. The van der Waals surface area contributed by atoms with Crippen molar-refractivity contribution in [3.05, 3.63) is 18.5 Å². The molecule has 0 aliphatic heterocycles. The van der Waals surface area contributed by atoms with Crippen molar-refractivity contribution in [1.29, 1.82) is 0 Å². The third kappa shape index (κ3) is 1.49. The fourth-order valence-corrected chi connectivity index (χ4v) is 1.98. The summed E-state index contributed by atoms with van der Waals surface area (Å²) in [5.41, 5.74) is 11.7. The molecule has 1 aliphatic carbocycles. The SMILES string of the molecule is NC1CCCCC1(N)c1ncncn1. The van der Waals surface area contributed by atoms with Crippen LogP contribution in [0.15, 0.2) is 12.7 Å². The second-order valence-electron chi connectivity index (χ2n) is 3.85. The van der Waals surface area contributed by atoms with E-state index >= 15 is 0 Å². The first-order valence-electron chi connectivity index (χ1n) is 4.90. The molecule has 14 heavy (non-hydrogen) atoms. The molecule has 1 aliphatic rings. The highest BCUT2D eigenvalue weighted by atomic mass is 15.0. The zero-order valence-corrected chi connectivity index (χ0v) is 8.06. The second kappa shape index (κ2) is 3.59. The number of aromatic nitrogens is 3. The van der Waals surface area contributed by atoms with Crippen molar-refractivity contribution in [3.63, 3.8) is 0 Å². The van der Waals surface area contributed by atoms with Gasteiger partial charge in [0, 0.05) is 6.04 Å². The van der Waals surface area contributed by atoms with E-state index in [0.29, 0.717) is 5.82 Å². The molecule has 0 saturated heterocycles. The molecule has 5 nitrogen and oxygen atoms in total. The van der Waals surface area contributed by atoms with E-state index in [4.69, 9.17) is 11.5 Å². The van der Waals surface area contributed by atoms with Gasteiger partial charge in [0.15, 0.2) is 5.82 Å². The van der Waals surface area contributed by atoms with E-state index < -0.39 is 5.54 Å². The van der Waals surface area contributed by atoms with Crippen LogP contribution in [0.25, 0.3) is 0 Å². The summed E-state index contributed by atoms with van der Waals surface area (Å²) in [5, 5.41) is 0. The molecular formula is C9H15N5. The van der Waals surface area contributed by atoms with Crippen LogP contribution in [0.2, 0.25) is 0 Å². The van der Waals surface area contributed by atoms with Crippen LogP contribution < -0.4 is 11.5 Å². The summed E-state index contributed by atoms with van der Waals surface area (Å²) in [6.07, 6.45) is 6.98. The van der Waals surface area contributed by atoms with Gasteiger partial charge in [-0.25, -0.2) is 15.0 Å². The third-order valence-electron chi connectivity index (χ3n) is 2.93. The lowest BCUT2D eigenvalue weighted by molar-refractivity contribution is 0.242. The van der Waals surface area contributed by atoms with Gasteiger partial charge in [0.05, 0.1) is 5.54 Å². The van der Waals surface area contributed by atoms with Crippen molar-refractivity contribution >= 4 is 0 Å². The molecule has 1 aromatic heterocycles. The highest BCUT2D eigenvalue weighted by molar-refractivity contribution is 5.10. The van der Waals surface area contributed by atoms with Gasteiger partial charge in [-0.05, 0) is 12.8 Å². The van der Waals surface area contributed by atoms with E-state index in [-0.39, 0.29) is 6.04 Å². The van der Waals surface area contributed by atoms with E-state index in [9.17, 15) is 0 Å². The highest BCUT2D eigenvalue weighted by Gasteiger charge is 2.38. The first-order chi connectivity index (χ1) is 6.73. The van der Waals surface area contributed by atoms with Crippen molar-refractivity contribution in [2.24, 2.45) is 11.5 Å². The lowest BCUT2D eigenvalue weighted by Crippen LogP contribution is -2.55. The standard InChI is InChI=1S/C9H15N5/c10-7-3-1-2-4-9(7,11)8-13-5-12-6-14-8/h5-7H,1-4,10-11H2. The molecule has 2 atom stereocenters. The predicted octanol–water partition coefficient (Wildman–Crippen LogP) is -0.0731. The first kappa shape index (κ1) is 9.48. The van der Waals surface area contributed by atoms with E-state index in [2.05, 4.69) is 15.0 Å². The van der Waals surface area contributed by atoms with Crippen molar-refractivity contribution in [2.75, 3.05) is 0 Å². The minimum atomic E-state index is -0.554. The maximum Gasteiger partial charge on any atom is 0.153 e. The molecule has 0 radical (unpaired) electrons. The van der Waals surface area contributed by atoms with Crippen molar-refractivity contribution < 1.29 is 0 Å². The zero-order chi connectivity index (χ0) is 10.0. The van der Waals surface area contributed by atoms with Gasteiger partial charge in [0.2, 0.25) is 0 Å². The minimum Gasteiger partial charge on any atom is -0.326 e. The molecule has 2 rings (SSSR count). The molecule has 0 aromatic carbocycles. The summed E-state index contributed by atoms with van der Waals surface area (Å²) < 4.78 is 0. The Kier molecular flexibility index (Phi) is 2.43. The zero-order valence-electron chi connectivity index (χ0n) is 8.06. The van der Waals surface area contributed by atoms with Crippen LogP contribution in [0, 0.1) is 0 Å². The quantitative estimate of drug-likeness (QED) is 0.651. The predicted molar refractivity (Wildman–Crippen MR) is 52.1 cm³/mol. The number of rotatable bonds is 1. The number of nitrogens with zero attached hydrogens (tertiary/aromatic N) is 3. The van der Waals surface area contributed by atoms with Crippen LogP contribution in [0.5, 0.6) is 0 Å². The van der Waals surface area contributed by atoms with Crippen LogP contribution in [0.4, 0.5) is 0 Å². The molecule has 0 spiro atoms. The highest BCUT2D eigenvalue weighted by Crippen LogP contribution is 2.31. The van der Waals surface area contributed by atoms with Gasteiger partial charge in [-0.3, -0.25) is 0 Å². The van der Waals surface area contributed by atoms with Gasteiger partial charge in [-0.2, -0.15) is 0 Å². The summed E-state index contributed by atoms with van der Waals surface area (Å²) in [6.45, 7) is 0. The topological polar surface area (TPSA) is 90.7 Å². The van der Waals surface area contributed by atoms with E-state index in [1.54, 1.807) is 0 Å². The Morgan fingerprint density at radius 3 is 2.64 bits per heavy atom. The molecule has 5 heteroatoms. The summed E-state index contributed by atoms with van der Waals surface area (Å²) in [6, 6.07) is -0.0429. The van der Waals surface area contributed by atoms with Crippen LogP contribution in [-0.2, 0) is 5.54 Å². The average molecular weight is 193 g/mol. The van der Waals surface area contributed by atoms with E-state index in [0.717, 1.165) is 25.7 Å². The normalized spacial score (nSPS) is 32.9. The van der Waals surface area contributed by atoms with Crippen LogP contribution in [0.1, 0.15) is 31.5 Å². The van der Waals surface area contributed by atoms with Gasteiger partial charge < -0.3 is 11.5 Å². The van der Waals surface area contributed by atoms with Crippen LogP contribution >= 0.6 is 0 Å². The summed E-state index contributed by atoms with van der Waals surface area (Å²) >= 11 is 0. The Labute approximate surface area is 83.0 Å². The average Bonchev–Trinajstić information content (AvgIpc) is 2.24. The van der Waals surface area contributed by atoms with Crippen LogP contribution in [0.3, 0.4) is 0 Å². The van der Waals surface area contributed by atoms with Gasteiger partial charge in [-0.1, -0.05) is 12.8 Å². The Morgan fingerprint density at radius 1 is 1.29 bits per heavy atom. The van der Waals surface area contributed by atoms with Gasteiger partial charge >= 0.3 is 0 Å². The van der Waals surface area contributed by atoms with Gasteiger partial charge in [-0.15, -0.1) is 0 Å². The summed E-state index contributed by atoms with van der Waals surface area (Å²) in [7, 11) is 0. The molecule has 76 valence electrons. The number of hydrogen-bond donors (Lipinski definition) is 2. The largest absolute Gasteiger partial charge is 0.326 e. The van der Waals surface area contributed by atoms with Crippen molar-refractivity contribution in [3.8, 4) is 0 Å². The third-order valence-corrected chi connectivity index (χ3v) is 2.93. The Hall–Kier alpha value is -1.07. The summed E-state index contributed by atoms with van der Waals surface area (Å²) in [4.78, 5) is 12.0. The molecule has 0 amide bonds. The second-order valence-corrected chi connectivity index (χ2v) is 3.85. The van der Waals surface area contributed by atoms with E-state index in [1.165, 1.54) is 12.7 Å². The Balaban J connectivity index is 2.30. The number of nitrogens with two attached hydrogens (primary N) is 2. The molecule has 1 fully saturated rings. The van der Waals surface area contributed by atoms with E-state index in [1.807, 2.05) is 0 Å². The Bertz CT molecular complexity index is 301. The molecule has 0 bridgehead atoms. The lowest BCUT2D eigenvalue weighted by Gasteiger charge is -2.37. The maximum absolute atomic E-state index is 6.25. The fourth-order valence-electron chi connectivity index (χ4n) is 1.98. The first-order valence-corrected chi connectivity index (χ1v) is 4.90. The maximum atomic E-state index is 6.25. The molecule has 2 unspecified atom stereocenters. The van der Waals surface area contributed by atoms with Crippen molar-refractivity contribution in [2.45, 2.75) is 37.3 Å². The Morgan fingerprint density at radius 2 is 2.00 bits per heavy atom.